The summed E-state index contributed by atoms with van der Waals surface area (Å²) in [5.41, 5.74) is 3.03. The Morgan fingerprint density at radius 2 is 1.52 bits per heavy atom. The van der Waals surface area contributed by atoms with E-state index in [1.54, 1.807) is 12.1 Å². The van der Waals surface area contributed by atoms with Crippen LogP contribution in [-0.2, 0) is 9.59 Å². The molecule has 0 unspecified atom stereocenters. The van der Waals surface area contributed by atoms with Crippen LogP contribution in [0.3, 0.4) is 0 Å². The molecule has 1 atom stereocenters. The fourth-order valence-corrected chi connectivity index (χ4v) is 3.88. The van der Waals surface area contributed by atoms with E-state index in [1.807, 2.05) is 73.7 Å². The number of aliphatic hydroxyl groups is 1. The van der Waals surface area contributed by atoms with Crippen molar-refractivity contribution in [2.45, 2.75) is 13.0 Å². The minimum atomic E-state index is -0.697. The van der Waals surface area contributed by atoms with Crippen molar-refractivity contribution >= 4 is 45.7 Å². The maximum atomic E-state index is 13.0. The summed E-state index contributed by atoms with van der Waals surface area (Å²) in [6.45, 7) is 1.95. The van der Waals surface area contributed by atoms with Gasteiger partial charge in [-0.1, -0.05) is 60.2 Å². The average molecular weight is 495 g/mol. The number of aliphatic hydroxyl groups excluding tert-OH is 1. The third-order valence-corrected chi connectivity index (χ3v) is 5.71. The number of Topliss-reactive ketones (excluding diaryl/α,β-unsaturated/α-hetero) is 1. The smallest absolute Gasteiger partial charge is 0.300 e. The Bertz CT molecular complexity index is 1100. The van der Waals surface area contributed by atoms with E-state index >= 15 is 0 Å². The number of carbonyl (C=O) groups is 2. The van der Waals surface area contributed by atoms with Crippen molar-refractivity contribution in [1.82, 2.24) is 0 Å². The molecule has 1 aliphatic heterocycles. The minimum absolute atomic E-state index is 0.101. The zero-order chi connectivity index (χ0) is 20.5. The van der Waals surface area contributed by atoms with E-state index in [0.717, 1.165) is 14.7 Å². The first-order chi connectivity index (χ1) is 14.0. The molecule has 3 aromatic carbocycles. The fourth-order valence-electron chi connectivity index (χ4n) is 3.52. The Morgan fingerprint density at radius 1 is 0.897 bits per heavy atom. The predicted molar refractivity (Wildman–Crippen MR) is 122 cm³/mol. The molecule has 1 N–H and O–H groups in total. The van der Waals surface area contributed by atoms with Crippen LogP contribution in [0.2, 0.25) is 0 Å². The number of benzene rings is 3. The number of amides is 1. The van der Waals surface area contributed by atoms with Gasteiger partial charge in [0.2, 0.25) is 0 Å². The first-order valence-corrected chi connectivity index (χ1v) is 10.2. The van der Waals surface area contributed by atoms with Gasteiger partial charge in [0.25, 0.3) is 11.7 Å². The molecule has 0 bridgehead atoms. The second kappa shape index (κ2) is 7.83. The molecular weight excluding hydrogens is 477 g/mol. The molecule has 29 heavy (non-hydrogen) atoms. The maximum absolute atomic E-state index is 13.0. The lowest BCUT2D eigenvalue weighted by molar-refractivity contribution is -0.132. The van der Waals surface area contributed by atoms with Crippen LogP contribution in [0.15, 0.2) is 84.4 Å². The van der Waals surface area contributed by atoms with Gasteiger partial charge in [-0.15, -0.1) is 0 Å². The molecule has 1 aliphatic rings. The van der Waals surface area contributed by atoms with Gasteiger partial charge in [0.05, 0.1) is 11.6 Å². The van der Waals surface area contributed by atoms with Crippen molar-refractivity contribution in [1.29, 1.82) is 0 Å². The van der Waals surface area contributed by atoms with Crippen LogP contribution in [0.1, 0.15) is 22.7 Å². The Labute approximate surface area is 182 Å². The van der Waals surface area contributed by atoms with E-state index in [-0.39, 0.29) is 11.3 Å². The Morgan fingerprint density at radius 3 is 2.14 bits per heavy atom. The summed E-state index contributed by atoms with van der Waals surface area (Å²) in [5.74, 6) is -1.49. The predicted octanol–water partition coefficient (Wildman–Crippen LogP) is 5.23. The number of halogens is 1. The van der Waals surface area contributed by atoms with Crippen molar-refractivity contribution < 1.29 is 14.7 Å². The molecule has 1 heterocycles. The van der Waals surface area contributed by atoms with E-state index in [0.29, 0.717) is 11.3 Å². The molecule has 4 nitrogen and oxygen atoms in total. The number of nitrogens with zero attached hydrogens (tertiary/aromatic N) is 1. The van der Waals surface area contributed by atoms with Crippen LogP contribution in [0, 0.1) is 10.5 Å². The van der Waals surface area contributed by atoms with Gasteiger partial charge >= 0.3 is 0 Å². The number of anilines is 1. The van der Waals surface area contributed by atoms with Crippen LogP contribution in [0.5, 0.6) is 0 Å². The highest BCUT2D eigenvalue weighted by molar-refractivity contribution is 14.1. The van der Waals surface area contributed by atoms with Gasteiger partial charge in [0.15, 0.2) is 0 Å². The number of hydrogen-bond acceptors (Lipinski definition) is 3. The first-order valence-electron chi connectivity index (χ1n) is 9.16. The van der Waals surface area contributed by atoms with Crippen molar-refractivity contribution in [2.24, 2.45) is 0 Å². The number of aryl methyl sites for hydroxylation is 1. The van der Waals surface area contributed by atoms with Gasteiger partial charge < -0.3 is 5.11 Å². The van der Waals surface area contributed by atoms with E-state index in [2.05, 4.69) is 22.6 Å². The molecule has 0 aromatic heterocycles. The summed E-state index contributed by atoms with van der Waals surface area (Å²) in [6.07, 6.45) is 0. The SMILES string of the molecule is Cc1ccc(C(O)=C2C(=O)C(=O)N(c3ccc(I)cc3)[C@H]2c2ccccc2)cc1. The molecule has 0 radical (unpaired) electrons. The van der Waals surface area contributed by atoms with Crippen LogP contribution >= 0.6 is 22.6 Å². The average Bonchev–Trinajstić information content (AvgIpc) is 3.00. The first kappa shape index (κ1) is 19.4. The monoisotopic (exact) mass is 495 g/mol. The molecular formula is C24H18INO3. The van der Waals surface area contributed by atoms with Crippen LogP contribution in [0.25, 0.3) is 5.76 Å². The fraction of sp³-hybridized carbons (Fsp3) is 0.0833. The highest BCUT2D eigenvalue weighted by atomic mass is 127. The molecule has 1 fully saturated rings. The van der Waals surface area contributed by atoms with E-state index in [1.165, 1.54) is 4.90 Å². The largest absolute Gasteiger partial charge is 0.507 e. The summed E-state index contributed by atoms with van der Waals surface area (Å²) < 4.78 is 1.03. The summed E-state index contributed by atoms with van der Waals surface area (Å²) in [4.78, 5) is 27.5. The van der Waals surface area contributed by atoms with E-state index in [9.17, 15) is 14.7 Å². The van der Waals surface area contributed by atoms with Crippen molar-refractivity contribution in [3.05, 3.63) is 105 Å². The van der Waals surface area contributed by atoms with Crippen molar-refractivity contribution in [2.75, 3.05) is 4.90 Å². The second-order valence-electron chi connectivity index (χ2n) is 6.92. The molecule has 5 heteroatoms. The third kappa shape index (κ3) is 3.58. The number of rotatable bonds is 3. The highest BCUT2D eigenvalue weighted by Crippen LogP contribution is 2.42. The molecule has 0 saturated carbocycles. The second-order valence-corrected chi connectivity index (χ2v) is 8.17. The molecule has 0 spiro atoms. The lowest BCUT2D eigenvalue weighted by atomic mass is 9.95. The Hall–Kier alpha value is -2.93. The summed E-state index contributed by atoms with van der Waals surface area (Å²) in [7, 11) is 0. The standard InChI is InChI=1S/C24H18INO3/c1-15-7-9-17(10-8-15)22(27)20-21(16-5-3-2-4-6-16)26(24(29)23(20)28)19-13-11-18(25)12-14-19/h2-14,21,27H,1H3/t21-/m0/s1. The zero-order valence-electron chi connectivity index (χ0n) is 15.7. The Balaban J connectivity index is 1.93. The zero-order valence-corrected chi connectivity index (χ0v) is 17.8. The van der Waals surface area contributed by atoms with E-state index in [4.69, 9.17) is 0 Å². The van der Waals surface area contributed by atoms with Crippen LogP contribution < -0.4 is 4.90 Å². The minimum Gasteiger partial charge on any atom is -0.507 e. The summed E-state index contributed by atoms with van der Waals surface area (Å²) in [5, 5.41) is 11.0. The maximum Gasteiger partial charge on any atom is 0.300 e. The van der Waals surface area contributed by atoms with Gasteiger partial charge in [-0.25, -0.2) is 0 Å². The molecule has 1 amide bonds. The lowest BCUT2D eigenvalue weighted by Crippen LogP contribution is -2.29. The van der Waals surface area contributed by atoms with Crippen molar-refractivity contribution in [3.8, 4) is 0 Å². The lowest BCUT2D eigenvalue weighted by Gasteiger charge is -2.25. The van der Waals surface area contributed by atoms with Crippen LogP contribution in [0.4, 0.5) is 5.69 Å². The number of ketones is 1. The summed E-state index contributed by atoms with van der Waals surface area (Å²) >= 11 is 2.19. The van der Waals surface area contributed by atoms with Crippen LogP contribution in [-0.4, -0.2) is 16.8 Å². The van der Waals surface area contributed by atoms with E-state index < -0.39 is 17.7 Å². The topological polar surface area (TPSA) is 57.6 Å². The van der Waals surface area contributed by atoms with Gasteiger partial charge in [0.1, 0.15) is 5.76 Å². The van der Waals surface area contributed by atoms with Gasteiger partial charge in [-0.3, -0.25) is 14.5 Å². The molecule has 1 saturated heterocycles. The molecule has 3 aromatic rings. The quantitative estimate of drug-likeness (QED) is 0.235. The third-order valence-electron chi connectivity index (χ3n) is 4.99. The highest BCUT2D eigenvalue weighted by Gasteiger charge is 2.46. The van der Waals surface area contributed by atoms with Gasteiger partial charge in [-0.05, 0) is 59.3 Å². The van der Waals surface area contributed by atoms with Gasteiger partial charge in [-0.2, -0.15) is 0 Å². The molecule has 4 rings (SSSR count). The number of hydrogen-bond donors (Lipinski definition) is 1. The molecule has 144 valence electrons. The van der Waals surface area contributed by atoms with Gasteiger partial charge in [0, 0.05) is 14.8 Å². The molecule has 0 aliphatic carbocycles. The normalized spacial score (nSPS) is 18.3. The van der Waals surface area contributed by atoms with Crippen molar-refractivity contribution in [3.63, 3.8) is 0 Å². The number of carbonyl (C=O) groups excluding carboxylic acids is 2. The Kier molecular flexibility index (Phi) is 5.24. The summed E-state index contributed by atoms with van der Waals surface area (Å²) in [6, 6.07) is 23.2.